The third-order valence-corrected chi connectivity index (χ3v) is 8.31. The van der Waals surface area contributed by atoms with E-state index < -0.39 is 41.4 Å². The second-order valence-corrected chi connectivity index (χ2v) is 14.2. The van der Waals surface area contributed by atoms with Crippen LogP contribution in [0.3, 0.4) is 0 Å². The Kier molecular flexibility index (Phi) is 20.7. The number of aromatic nitrogens is 5. The Bertz CT molecular complexity index is 2670. The van der Waals surface area contributed by atoms with Gasteiger partial charge in [-0.3, -0.25) is 21.7 Å². The van der Waals surface area contributed by atoms with Gasteiger partial charge in [-0.05, 0) is 99.2 Å². The quantitative estimate of drug-likeness (QED) is 0.0264. The van der Waals surface area contributed by atoms with Gasteiger partial charge in [-0.2, -0.15) is 41.9 Å². The molecule has 0 fully saturated rings. The van der Waals surface area contributed by atoms with Crippen molar-refractivity contribution in [2.45, 2.75) is 59.8 Å². The van der Waals surface area contributed by atoms with Gasteiger partial charge in [0.05, 0.1) is 36.5 Å². The van der Waals surface area contributed by atoms with Crippen molar-refractivity contribution in [2.24, 2.45) is 0 Å². The number of aryl methyl sites for hydroxylation is 5. The van der Waals surface area contributed by atoms with Crippen LogP contribution in [0.4, 0.5) is 59.2 Å². The number of nitrogens with zero attached hydrogens (tertiary/aromatic N) is 9. The molecule has 0 radical (unpaired) electrons. The number of urea groups is 2. The van der Waals surface area contributed by atoms with Crippen molar-refractivity contribution >= 4 is 35.3 Å². The molecule has 5 rings (SSSR count). The van der Waals surface area contributed by atoms with Crippen molar-refractivity contribution < 1.29 is 45.4 Å². The van der Waals surface area contributed by atoms with Crippen LogP contribution < -0.4 is 41.8 Å². The van der Waals surface area contributed by atoms with Crippen LogP contribution in [-0.4, -0.2) is 63.3 Å². The summed E-state index contributed by atoms with van der Waals surface area (Å²) in [6.45, 7) is 24.4. The largest absolute Gasteiger partial charge is 0.494 e. The number of hydrazine groups is 2. The summed E-state index contributed by atoms with van der Waals surface area (Å²) in [5.41, 5.74) is 9.99. The molecule has 0 aliphatic rings. The van der Waals surface area contributed by atoms with Gasteiger partial charge in [0.1, 0.15) is 23.4 Å². The van der Waals surface area contributed by atoms with E-state index in [9.17, 15) is 35.9 Å². The van der Waals surface area contributed by atoms with Gasteiger partial charge in [0.25, 0.3) is 5.82 Å². The minimum Gasteiger partial charge on any atom is -0.494 e. The molecule has 0 aliphatic carbocycles. The van der Waals surface area contributed by atoms with Crippen molar-refractivity contribution in [3.8, 4) is 23.6 Å². The van der Waals surface area contributed by atoms with E-state index in [-0.39, 0.29) is 47.6 Å². The molecular formula is C44H43F6N15O4. The van der Waals surface area contributed by atoms with E-state index in [1.165, 1.54) is 12.3 Å². The first-order valence-corrected chi connectivity index (χ1v) is 20.1. The molecule has 0 unspecified atom stereocenters. The summed E-state index contributed by atoms with van der Waals surface area (Å²) in [5.74, 6) is 1.43. The number of halogens is 6. The highest BCUT2D eigenvalue weighted by atomic mass is 19.4. The first-order valence-electron chi connectivity index (χ1n) is 20.1. The van der Waals surface area contributed by atoms with E-state index in [2.05, 4.69) is 62.2 Å². The molecule has 69 heavy (non-hydrogen) atoms. The fourth-order valence-electron chi connectivity index (χ4n) is 5.54. The molecule has 19 nitrogen and oxygen atoms in total. The molecule has 2 aromatic carbocycles. The molecule has 0 saturated heterocycles. The number of amides is 4. The first kappa shape index (κ1) is 54.4. The molecule has 0 aliphatic heterocycles. The third kappa shape index (κ3) is 19.6. The average Bonchev–Trinajstić information content (AvgIpc) is 3.28. The monoisotopic (exact) mass is 959 g/mol. The molecule has 0 atom stereocenters. The van der Waals surface area contributed by atoms with E-state index in [1.807, 2.05) is 74.9 Å². The number of ether oxygens (including phenoxy) is 2. The molecular weight excluding hydrogens is 917 g/mol. The van der Waals surface area contributed by atoms with Crippen LogP contribution in [0.2, 0.25) is 0 Å². The van der Waals surface area contributed by atoms with Gasteiger partial charge in [-0.15, -0.1) is 16.5 Å². The number of carbonyl (C=O) groups is 2. The van der Waals surface area contributed by atoms with Crippen LogP contribution in [-0.2, 0) is 12.4 Å². The van der Waals surface area contributed by atoms with Gasteiger partial charge in [0.15, 0.2) is 17.7 Å². The van der Waals surface area contributed by atoms with Crippen molar-refractivity contribution in [1.82, 2.24) is 46.4 Å². The molecule has 6 N–H and O–H groups in total. The lowest BCUT2D eigenvalue weighted by Crippen LogP contribution is -2.40. The van der Waals surface area contributed by atoms with Crippen molar-refractivity contribution in [3.05, 3.63) is 134 Å². The minimum absolute atomic E-state index is 0.0106. The lowest BCUT2D eigenvalue weighted by Gasteiger charge is -2.16. The molecule has 3 heterocycles. The maximum absolute atomic E-state index is 12.9. The second kappa shape index (κ2) is 26.2. The fourth-order valence-corrected chi connectivity index (χ4v) is 5.54. The number of carbonyl (C=O) groups excluding carboxylic acids is 2. The van der Waals surface area contributed by atoms with Gasteiger partial charge >= 0.3 is 30.4 Å². The number of rotatable bonds is 14. The maximum Gasteiger partial charge on any atom is 0.418 e. The summed E-state index contributed by atoms with van der Waals surface area (Å²) in [5, 5.41) is 22.5. The van der Waals surface area contributed by atoms with Gasteiger partial charge in [-0.25, -0.2) is 24.4 Å². The summed E-state index contributed by atoms with van der Waals surface area (Å²) < 4.78 is 88.1. The van der Waals surface area contributed by atoms with E-state index in [0.717, 1.165) is 28.0 Å². The molecule has 0 bridgehead atoms. The van der Waals surface area contributed by atoms with Crippen LogP contribution >= 0.6 is 0 Å². The highest BCUT2D eigenvalue weighted by Crippen LogP contribution is 2.40. The summed E-state index contributed by atoms with van der Waals surface area (Å²) >= 11 is 0. The normalized spacial score (nSPS) is 10.4. The zero-order valence-corrected chi connectivity index (χ0v) is 37.4. The number of hydrogen-bond acceptors (Lipinski definition) is 13. The number of benzene rings is 2. The molecule has 25 heteroatoms. The SMILES string of the molecule is Cc1cc(C)cc(OCCCNC(=O)NNc2cc(C(F)(F)F)c(C(F)(F)F)cn2)c1.[C-]#[N+]c1cnc(NNC(=O)NCCCOc2cc(C)cc(C)c2)c(C#N)c1.[C-]#[N+]c1nc(C)nc(C#N)n1. The van der Waals surface area contributed by atoms with Crippen molar-refractivity contribution in [2.75, 3.05) is 37.2 Å². The predicted molar refractivity (Wildman–Crippen MR) is 237 cm³/mol. The van der Waals surface area contributed by atoms with Crippen molar-refractivity contribution in [3.63, 3.8) is 0 Å². The molecule has 360 valence electrons. The number of hydrogen-bond donors (Lipinski definition) is 6. The highest BCUT2D eigenvalue weighted by molar-refractivity contribution is 5.76. The Balaban J connectivity index is 0.000000301. The number of anilines is 2. The molecule has 3 aromatic heterocycles. The summed E-state index contributed by atoms with van der Waals surface area (Å²) in [6, 6.07) is 15.7. The van der Waals surface area contributed by atoms with Gasteiger partial charge < -0.3 is 25.0 Å². The van der Waals surface area contributed by atoms with Crippen LogP contribution in [0, 0.1) is 70.4 Å². The fraction of sp³-hybridized carbons (Fsp3) is 0.295. The Morgan fingerprint density at radius 2 is 1.17 bits per heavy atom. The zero-order valence-electron chi connectivity index (χ0n) is 37.4. The van der Waals surface area contributed by atoms with E-state index in [1.54, 1.807) is 13.0 Å². The van der Waals surface area contributed by atoms with Gasteiger partial charge in [0.2, 0.25) is 5.69 Å². The van der Waals surface area contributed by atoms with Gasteiger partial charge in [0, 0.05) is 32.4 Å². The summed E-state index contributed by atoms with van der Waals surface area (Å²) in [6.07, 6.45) is -8.02. The zero-order chi connectivity index (χ0) is 51.1. The number of nitriles is 2. The highest BCUT2D eigenvalue weighted by Gasteiger charge is 2.43. The smallest absolute Gasteiger partial charge is 0.418 e. The maximum atomic E-state index is 12.9. The lowest BCUT2D eigenvalue weighted by atomic mass is 10.1. The molecule has 5 aromatic rings. The molecule has 0 spiro atoms. The second-order valence-electron chi connectivity index (χ2n) is 14.2. The minimum atomic E-state index is -5.25. The van der Waals surface area contributed by atoms with Crippen LogP contribution in [0.25, 0.3) is 9.69 Å². The van der Waals surface area contributed by atoms with Crippen molar-refractivity contribution in [1.29, 1.82) is 10.5 Å². The molecule has 4 amide bonds. The standard InChI is InChI=1S/C19H20F6N4O2.C19H20N6O2.C6H3N5/c1-11-6-12(2)8-13(7-11)31-5-3-4-26-17(30)29-28-16-9-14(18(20,21)22)15(10-27-16)19(23,24)25;1-13-7-14(2)9-17(8-13)27-6-4-5-22-19(26)25-24-18-15(11-20)10-16(21-3)12-23-18;1-4-9-5(3-7)11-6(8-2)10-4/h6-10H,3-5H2,1-2H3,(H,27,28)(H2,26,29,30);7-10,12H,4-6H2,1-2H3,(H,23,24)(H2,22,25,26);1H3. The molecule has 0 saturated carbocycles. The van der Waals surface area contributed by atoms with Crippen LogP contribution in [0.15, 0.2) is 60.9 Å². The lowest BCUT2D eigenvalue weighted by molar-refractivity contribution is -0.162. The Hall–Kier alpha value is -8.97. The summed E-state index contributed by atoms with van der Waals surface area (Å²) in [4.78, 5) is 47.7. The number of nitrogens with one attached hydrogen (secondary N) is 6. The van der Waals surface area contributed by atoms with E-state index in [4.69, 9.17) is 33.1 Å². The average molecular weight is 960 g/mol. The van der Waals surface area contributed by atoms with Crippen LogP contribution in [0.1, 0.15) is 63.4 Å². The predicted octanol–water partition coefficient (Wildman–Crippen LogP) is 8.65. The van der Waals surface area contributed by atoms with E-state index >= 15 is 0 Å². The topological polar surface area (TPSA) is 246 Å². The van der Waals surface area contributed by atoms with E-state index in [0.29, 0.717) is 44.2 Å². The Morgan fingerprint density at radius 1 is 0.652 bits per heavy atom. The van der Waals surface area contributed by atoms with Crippen LogP contribution in [0.5, 0.6) is 11.5 Å². The summed E-state index contributed by atoms with van der Waals surface area (Å²) in [7, 11) is 0. The first-order chi connectivity index (χ1) is 32.6. The van der Waals surface area contributed by atoms with Gasteiger partial charge in [-0.1, -0.05) is 12.1 Å². The number of alkyl halides is 6. The Morgan fingerprint density at radius 3 is 1.64 bits per heavy atom. The number of pyridine rings is 2. The Labute approximate surface area is 391 Å². The third-order valence-electron chi connectivity index (χ3n) is 8.31.